The average Bonchev–Trinajstić information content (AvgIpc) is 3.33. The van der Waals surface area contributed by atoms with Crippen molar-refractivity contribution in [3.63, 3.8) is 0 Å². The first-order valence-electron chi connectivity index (χ1n) is 9.84. The van der Waals surface area contributed by atoms with Gasteiger partial charge in [-0.3, -0.25) is 9.59 Å². The van der Waals surface area contributed by atoms with E-state index in [1.54, 1.807) is 24.7 Å². The number of nitrogens with zero attached hydrogens (tertiary/aromatic N) is 4. The van der Waals surface area contributed by atoms with Crippen molar-refractivity contribution in [3.05, 3.63) is 54.4 Å². The second kappa shape index (κ2) is 7.73. The summed E-state index contributed by atoms with van der Waals surface area (Å²) < 4.78 is 15.1. The molecule has 28 heavy (non-hydrogen) atoms. The third kappa shape index (κ3) is 3.79. The lowest BCUT2D eigenvalue weighted by Gasteiger charge is -2.45. The van der Waals surface area contributed by atoms with Crippen molar-refractivity contribution in [1.82, 2.24) is 19.4 Å². The van der Waals surface area contributed by atoms with Gasteiger partial charge in [-0.1, -0.05) is 12.1 Å². The van der Waals surface area contributed by atoms with Crippen LogP contribution in [-0.4, -0.2) is 49.8 Å². The molecular formula is C21H25FN4O2. The van der Waals surface area contributed by atoms with Gasteiger partial charge in [0.05, 0.1) is 6.33 Å². The molecule has 1 aromatic heterocycles. The molecule has 2 aromatic rings. The van der Waals surface area contributed by atoms with Crippen molar-refractivity contribution in [2.24, 2.45) is 0 Å². The SMILES string of the molecule is O=C(CCn1ccnc1)N1CCC2(CCC(=O)N2Cc2ccc(F)cc2)CC1. The fourth-order valence-electron chi connectivity index (χ4n) is 4.40. The van der Waals surface area contributed by atoms with Crippen LogP contribution in [0.4, 0.5) is 4.39 Å². The van der Waals surface area contributed by atoms with Crippen LogP contribution in [0.15, 0.2) is 43.0 Å². The van der Waals surface area contributed by atoms with E-state index in [9.17, 15) is 14.0 Å². The van der Waals surface area contributed by atoms with Gasteiger partial charge in [0.25, 0.3) is 0 Å². The average molecular weight is 384 g/mol. The minimum absolute atomic E-state index is 0.151. The molecule has 0 bridgehead atoms. The minimum atomic E-state index is -0.270. The number of benzene rings is 1. The summed E-state index contributed by atoms with van der Waals surface area (Å²) in [6.45, 7) is 2.50. The van der Waals surface area contributed by atoms with Crippen LogP contribution < -0.4 is 0 Å². The van der Waals surface area contributed by atoms with Crippen LogP contribution in [0.1, 0.15) is 37.7 Å². The molecule has 148 valence electrons. The van der Waals surface area contributed by atoms with Crippen molar-refractivity contribution >= 4 is 11.8 Å². The molecule has 7 heteroatoms. The first-order chi connectivity index (χ1) is 13.6. The summed E-state index contributed by atoms with van der Waals surface area (Å²) in [5.41, 5.74) is 0.766. The van der Waals surface area contributed by atoms with E-state index in [0.717, 1.165) is 24.8 Å². The Morgan fingerprint density at radius 3 is 2.57 bits per heavy atom. The van der Waals surface area contributed by atoms with E-state index >= 15 is 0 Å². The van der Waals surface area contributed by atoms with Crippen LogP contribution in [0.2, 0.25) is 0 Å². The quantitative estimate of drug-likeness (QED) is 0.796. The van der Waals surface area contributed by atoms with Crippen LogP contribution in [0.5, 0.6) is 0 Å². The number of carbonyl (C=O) groups excluding carboxylic acids is 2. The number of imidazole rings is 1. The van der Waals surface area contributed by atoms with Crippen molar-refractivity contribution in [2.75, 3.05) is 13.1 Å². The number of amides is 2. The Bertz CT molecular complexity index is 827. The monoisotopic (exact) mass is 384 g/mol. The normalized spacial score (nSPS) is 18.8. The highest BCUT2D eigenvalue weighted by Crippen LogP contribution is 2.40. The Kier molecular flexibility index (Phi) is 5.15. The van der Waals surface area contributed by atoms with Gasteiger partial charge in [0, 0.05) is 57.0 Å². The van der Waals surface area contributed by atoms with E-state index in [0.29, 0.717) is 39.0 Å². The van der Waals surface area contributed by atoms with E-state index in [1.807, 2.05) is 20.6 Å². The molecule has 0 radical (unpaired) electrons. The second-order valence-corrected chi connectivity index (χ2v) is 7.76. The van der Waals surface area contributed by atoms with Crippen LogP contribution in [0, 0.1) is 5.82 Å². The Balaban J connectivity index is 1.36. The number of aryl methyl sites for hydroxylation is 1. The first kappa shape index (κ1) is 18.7. The summed E-state index contributed by atoms with van der Waals surface area (Å²) in [6, 6.07) is 6.35. The minimum Gasteiger partial charge on any atom is -0.342 e. The Hall–Kier alpha value is -2.70. The van der Waals surface area contributed by atoms with Gasteiger partial charge >= 0.3 is 0 Å². The number of carbonyl (C=O) groups is 2. The molecule has 3 heterocycles. The largest absolute Gasteiger partial charge is 0.342 e. The van der Waals surface area contributed by atoms with E-state index in [4.69, 9.17) is 0 Å². The van der Waals surface area contributed by atoms with Gasteiger partial charge in [-0.25, -0.2) is 9.37 Å². The molecule has 6 nitrogen and oxygen atoms in total. The molecule has 0 aliphatic carbocycles. The van der Waals surface area contributed by atoms with E-state index < -0.39 is 0 Å². The molecule has 0 unspecified atom stereocenters. The zero-order valence-electron chi connectivity index (χ0n) is 15.9. The number of halogens is 1. The van der Waals surface area contributed by atoms with E-state index in [2.05, 4.69) is 4.98 Å². The number of hydrogen-bond donors (Lipinski definition) is 0. The fraction of sp³-hybridized carbons (Fsp3) is 0.476. The lowest BCUT2D eigenvalue weighted by molar-refractivity contribution is -0.137. The summed E-state index contributed by atoms with van der Waals surface area (Å²) >= 11 is 0. The molecule has 1 spiro atoms. The van der Waals surface area contributed by atoms with E-state index in [-0.39, 0.29) is 23.2 Å². The fourth-order valence-corrected chi connectivity index (χ4v) is 4.40. The number of piperidine rings is 1. The molecule has 2 aliphatic rings. The van der Waals surface area contributed by atoms with Crippen molar-refractivity contribution in [3.8, 4) is 0 Å². The Labute approximate surface area is 164 Å². The van der Waals surface area contributed by atoms with Gasteiger partial charge in [0.15, 0.2) is 0 Å². The highest BCUT2D eigenvalue weighted by molar-refractivity contribution is 5.80. The molecule has 0 saturated carbocycles. The Morgan fingerprint density at radius 1 is 1.14 bits per heavy atom. The van der Waals surface area contributed by atoms with Crippen molar-refractivity contribution in [2.45, 2.75) is 50.7 Å². The Morgan fingerprint density at radius 2 is 1.89 bits per heavy atom. The molecule has 2 saturated heterocycles. The topological polar surface area (TPSA) is 58.4 Å². The molecular weight excluding hydrogens is 359 g/mol. The van der Waals surface area contributed by atoms with Crippen LogP contribution in [-0.2, 0) is 22.7 Å². The molecule has 0 N–H and O–H groups in total. The van der Waals surface area contributed by atoms with Gasteiger partial charge in [-0.05, 0) is 37.0 Å². The van der Waals surface area contributed by atoms with Gasteiger partial charge in [-0.15, -0.1) is 0 Å². The summed E-state index contributed by atoms with van der Waals surface area (Å²) in [6.07, 6.45) is 8.74. The van der Waals surface area contributed by atoms with Crippen LogP contribution >= 0.6 is 0 Å². The number of hydrogen-bond acceptors (Lipinski definition) is 3. The lowest BCUT2D eigenvalue weighted by Crippen LogP contribution is -2.53. The molecule has 0 atom stereocenters. The maximum atomic E-state index is 13.2. The standard InChI is InChI=1S/C21H25FN4O2/c22-18-3-1-17(2-4-18)15-26-20(28)5-7-21(26)8-12-25(13-9-21)19(27)6-11-24-14-10-23-16-24/h1-4,10,14,16H,5-9,11-13,15H2. The summed E-state index contributed by atoms with van der Waals surface area (Å²) in [5.74, 6) is 0.0379. The maximum Gasteiger partial charge on any atom is 0.224 e. The highest BCUT2D eigenvalue weighted by atomic mass is 19.1. The van der Waals surface area contributed by atoms with Crippen LogP contribution in [0.3, 0.4) is 0 Å². The molecule has 4 rings (SSSR count). The number of aromatic nitrogens is 2. The zero-order chi connectivity index (χ0) is 19.6. The van der Waals surface area contributed by atoms with Crippen molar-refractivity contribution in [1.29, 1.82) is 0 Å². The molecule has 2 fully saturated rings. The molecule has 1 aromatic carbocycles. The number of rotatable bonds is 5. The van der Waals surface area contributed by atoms with Gasteiger partial charge in [-0.2, -0.15) is 0 Å². The maximum absolute atomic E-state index is 13.2. The zero-order valence-corrected chi connectivity index (χ0v) is 15.9. The highest BCUT2D eigenvalue weighted by Gasteiger charge is 2.47. The predicted molar refractivity (Wildman–Crippen MR) is 102 cm³/mol. The first-order valence-corrected chi connectivity index (χ1v) is 9.84. The third-order valence-corrected chi connectivity index (χ3v) is 6.12. The van der Waals surface area contributed by atoms with Crippen molar-refractivity contribution < 1.29 is 14.0 Å². The van der Waals surface area contributed by atoms with Gasteiger partial charge < -0.3 is 14.4 Å². The molecule has 2 aliphatic heterocycles. The van der Waals surface area contributed by atoms with Gasteiger partial charge in [0.2, 0.25) is 11.8 Å². The van der Waals surface area contributed by atoms with Crippen LogP contribution in [0.25, 0.3) is 0 Å². The summed E-state index contributed by atoms with van der Waals surface area (Å²) in [4.78, 5) is 33.0. The molecule has 2 amide bonds. The summed E-state index contributed by atoms with van der Waals surface area (Å²) in [7, 11) is 0. The summed E-state index contributed by atoms with van der Waals surface area (Å²) in [5, 5.41) is 0. The smallest absolute Gasteiger partial charge is 0.224 e. The second-order valence-electron chi connectivity index (χ2n) is 7.76. The lowest BCUT2D eigenvalue weighted by atomic mass is 9.84. The predicted octanol–water partition coefficient (Wildman–Crippen LogP) is 2.60. The third-order valence-electron chi connectivity index (χ3n) is 6.12. The number of likely N-dealkylation sites (tertiary alicyclic amines) is 2. The van der Waals surface area contributed by atoms with Gasteiger partial charge in [0.1, 0.15) is 5.82 Å². The van der Waals surface area contributed by atoms with E-state index in [1.165, 1.54) is 12.1 Å².